The molecule has 0 amide bonds. The number of rotatable bonds is 6. The Labute approximate surface area is 364 Å². The molecule has 2 aliphatic rings. The first-order chi connectivity index (χ1) is 31.2. The molecule has 5 nitrogen and oxygen atoms in total. The highest BCUT2D eigenvalue weighted by Gasteiger charge is 2.51. The molecule has 9 aromatic carbocycles. The van der Waals surface area contributed by atoms with E-state index in [1.807, 2.05) is 72.8 Å². The summed E-state index contributed by atoms with van der Waals surface area (Å²) >= 11 is 0. The van der Waals surface area contributed by atoms with Gasteiger partial charge in [-0.25, -0.2) is 15.0 Å². The van der Waals surface area contributed by atoms with E-state index in [1.165, 1.54) is 44.5 Å². The number of aromatic nitrogens is 3. The second-order valence-corrected chi connectivity index (χ2v) is 16.3. The highest BCUT2D eigenvalue weighted by Crippen LogP contribution is 2.63. The van der Waals surface area contributed by atoms with E-state index in [9.17, 15) is 0 Å². The smallest absolute Gasteiger partial charge is 0.164 e. The topological polar surface area (TPSA) is 55.1 Å². The number of nitrogens with zero attached hydrogens (tertiary/aromatic N) is 4. The van der Waals surface area contributed by atoms with Gasteiger partial charge in [0.05, 0.1) is 5.41 Å². The van der Waals surface area contributed by atoms with E-state index < -0.39 is 5.41 Å². The van der Waals surface area contributed by atoms with Crippen molar-refractivity contribution < 1.29 is 4.42 Å². The molecule has 0 aliphatic heterocycles. The van der Waals surface area contributed by atoms with Crippen LogP contribution in [-0.2, 0) is 5.41 Å². The van der Waals surface area contributed by atoms with Gasteiger partial charge in [0, 0.05) is 50.6 Å². The van der Waals surface area contributed by atoms with Gasteiger partial charge in [-0.2, -0.15) is 0 Å². The van der Waals surface area contributed by atoms with Crippen LogP contribution in [0.2, 0.25) is 0 Å². The van der Waals surface area contributed by atoms with Crippen LogP contribution in [0, 0.1) is 0 Å². The number of benzene rings is 9. The Morgan fingerprint density at radius 1 is 0.333 bits per heavy atom. The molecule has 0 saturated heterocycles. The fourth-order valence-corrected chi connectivity index (χ4v) is 10.3. The van der Waals surface area contributed by atoms with Gasteiger partial charge in [0.1, 0.15) is 11.2 Å². The zero-order valence-corrected chi connectivity index (χ0v) is 34.0. The second-order valence-electron chi connectivity index (χ2n) is 16.3. The first kappa shape index (κ1) is 35.4. The summed E-state index contributed by atoms with van der Waals surface area (Å²) in [7, 11) is 0. The average molecular weight is 805 g/mol. The molecule has 0 atom stereocenters. The van der Waals surface area contributed by atoms with Crippen LogP contribution in [0.25, 0.3) is 78.4 Å². The van der Waals surface area contributed by atoms with Gasteiger partial charge < -0.3 is 9.32 Å². The van der Waals surface area contributed by atoms with Crippen LogP contribution < -0.4 is 4.90 Å². The lowest BCUT2D eigenvalue weighted by atomic mass is 9.70. The number of hydrogen-bond acceptors (Lipinski definition) is 5. The Kier molecular flexibility index (Phi) is 7.75. The first-order valence-corrected chi connectivity index (χ1v) is 21.4. The van der Waals surface area contributed by atoms with Gasteiger partial charge in [-0.15, -0.1) is 0 Å². The van der Waals surface area contributed by atoms with Gasteiger partial charge in [-0.05, 0) is 87.0 Å². The summed E-state index contributed by atoms with van der Waals surface area (Å²) in [5.74, 6) is 1.83. The molecule has 11 aromatic rings. The molecule has 13 rings (SSSR count). The van der Waals surface area contributed by atoms with Crippen molar-refractivity contribution in [2.45, 2.75) is 5.41 Å². The van der Waals surface area contributed by atoms with E-state index in [4.69, 9.17) is 19.4 Å². The van der Waals surface area contributed by atoms with E-state index in [1.54, 1.807) is 0 Å². The first-order valence-electron chi connectivity index (χ1n) is 21.4. The van der Waals surface area contributed by atoms with E-state index in [0.29, 0.717) is 17.5 Å². The van der Waals surface area contributed by atoms with Crippen molar-refractivity contribution >= 4 is 39.0 Å². The summed E-state index contributed by atoms with van der Waals surface area (Å²) in [6, 6.07) is 77.4. The van der Waals surface area contributed by atoms with Crippen molar-refractivity contribution in [3.8, 4) is 56.4 Å². The maximum absolute atomic E-state index is 6.78. The van der Waals surface area contributed by atoms with Gasteiger partial charge in [-0.1, -0.05) is 170 Å². The lowest BCUT2D eigenvalue weighted by molar-refractivity contribution is 0.669. The molecule has 0 bridgehead atoms. The largest absolute Gasteiger partial charge is 0.456 e. The SMILES string of the molecule is c1ccc(-c2nc(-c3ccccc3)nc(-c3cccc4oc5cc(N(c6ccccc6)c6ccc7c(c6)C6(c8ccccc8-c8ccccc86)c6ccccc6-7)ccc5c34)n2)cc1. The zero-order chi connectivity index (χ0) is 41.5. The highest BCUT2D eigenvalue weighted by molar-refractivity contribution is 6.12. The maximum Gasteiger partial charge on any atom is 0.164 e. The third-order valence-electron chi connectivity index (χ3n) is 12.9. The molecule has 2 aliphatic carbocycles. The molecule has 1 spiro atoms. The standard InChI is InChI=1S/C58H36N4O/c1-4-17-37(18-5-1)55-59-56(38-19-6-2-7-20-38)61-57(60-55)47-26-16-30-52-54(47)46-34-32-41(36-53(46)63-52)62(39-21-8-3-9-22-39)40-31-33-45-44-25-12-15-29-50(44)58(51(45)35-40)48-27-13-10-23-42(48)43-24-11-14-28-49(43)58/h1-36H. The fourth-order valence-electron chi connectivity index (χ4n) is 10.3. The summed E-state index contributed by atoms with van der Waals surface area (Å²) in [5.41, 5.74) is 17.3. The van der Waals surface area contributed by atoms with Gasteiger partial charge in [-0.3, -0.25) is 0 Å². The minimum atomic E-state index is -0.452. The predicted octanol–water partition coefficient (Wildman–Crippen LogP) is 14.6. The monoisotopic (exact) mass is 804 g/mol. The van der Waals surface area contributed by atoms with Crippen LogP contribution >= 0.6 is 0 Å². The fraction of sp³-hybridized carbons (Fsp3) is 0.0172. The van der Waals surface area contributed by atoms with Crippen molar-refractivity contribution in [2.75, 3.05) is 4.90 Å². The van der Waals surface area contributed by atoms with Gasteiger partial charge in [0.15, 0.2) is 17.5 Å². The predicted molar refractivity (Wildman–Crippen MR) is 254 cm³/mol. The van der Waals surface area contributed by atoms with Crippen LogP contribution in [0.5, 0.6) is 0 Å². The Bertz CT molecular complexity index is 3460. The summed E-state index contributed by atoms with van der Waals surface area (Å²) < 4.78 is 6.78. The number of para-hydroxylation sites is 1. The molecule has 0 saturated carbocycles. The lowest BCUT2D eigenvalue weighted by Crippen LogP contribution is -2.26. The van der Waals surface area contributed by atoms with E-state index in [-0.39, 0.29) is 0 Å². The van der Waals surface area contributed by atoms with Crippen molar-refractivity contribution in [2.24, 2.45) is 0 Å². The Balaban J connectivity index is 0.992. The van der Waals surface area contributed by atoms with Crippen LogP contribution in [0.4, 0.5) is 17.1 Å². The lowest BCUT2D eigenvalue weighted by Gasteiger charge is -2.32. The summed E-state index contributed by atoms with van der Waals surface area (Å²) in [4.78, 5) is 17.5. The molecule has 0 unspecified atom stereocenters. The minimum absolute atomic E-state index is 0.452. The van der Waals surface area contributed by atoms with Gasteiger partial charge in [0.25, 0.3) is 0 Å². The maximum atomic E-state index is 6.78. The summed E-state index contributed by atoms with van der Waals surface area (Å²) in [6.45, 7) is 0. The third kappa shape index (κ3) is 5.27. The van der Waals surface area contributed by atoms with Crippen molar-refractivity contribution in [1.82, 2.24) is 15.0 Å². The second kappa shape index (κ2) is 13.8. The van der Waals surface area contributed by atoms with Gasteiger partial charge in [0.2, 0.25) is 0 Å². The summed E-state index contributed by atoms with van der Waals surface area (Å²) in [6.07, 6.45) is 0. The molecule has 294 valence electrons. The molecule has 0 N–H and O–H groups in total. The van der Waals surface area contributed by atoms with Crippen LogP contribution in [0.15, 0.2) is 223 Å². The van der Waals surface area contributed by atoms with Crippen molar-refractivity contribution in [1.29, 1.82) is 0 Å². The molecule has 0 radical (unpaired) electrons. The molecule has 0 fully saturated rings. The molecule has 63 heavy (non-hydrogen) atoms. The number of anilines is 3. The minimum Gasteiger partial charge on any atom is -0.456 e. The number of furan rings is 1. The molecular weight excluding hydrogens is 769 g/mol. The Morgan fingerprint density at radius 2 is 0.810 bits per heavy atom. The summed E-state index contributed by atoms with van der Waals surface area (Å²) in [5, 5.41) is 1.95. The quantitative estimate of drug-likeness (QED) is 0.168. The highest BCUT2D eigenvalue weighted by atomic mass is 16.3. The van der Waals surface area contributed by atoms with E-state index >= 15 is 0 Å². The molecular formula is C58H36N4O. The molecule has 2 heterocycles. The average Bonchev–Trinajstić information content (AvgIpc) is 3.99. The van der Waals surface area contributed by atoms with Crippen LogP contribution in [0.1, 0.15) is 22.3 Å². The van der Waals surface area contributed by atoms with Crippen molar-refractivity contribution in [3.05, 3.63) is 241 Å². The van der Waals surface area contributed by atoms with Gasteiger partial charge >= 0.3 is 0 Å². The van der Waals surface area contributed by atoms with E-state index in [2.05, 4.69) is 150 Å². The van der Waals surface area contributed by atoms with Crippen LogP contribution in [0.3, 0.4) is 0 Å². The Hall–Kier alpha value is -8.41. The van der Waals surface area contributed by atoms with Crippen molar-refractivity contribution in [3.63, 3.8) is 0 Å². The Morgan fingerprint density at radius 3 is 1.41 bits per heavy atom. The number of fused-ring (bicyclic) bond motifs is 13. The normalized spacial score (nSPS) is 12.9. The molecule has 5 heteroatoms. The number of hydrogen-bond donors (Lipinski definition) is 0. The van der Waals surface area contributed by atoms with E-state index in [0.717, 1.165) is 55.7 Å². The van der Waals surface area contributed by atoms with Crippen LogP contribution in [-0.4, -0.2) is 15.0 Å². The zero-order valence-electron chi connectivity index (χ0n) is 34.0. The third-order valence-corrected chi connectivity index (χ3v) is 12.9. The molecule has 2 aromatic heterocycles.